The molecule has 1 aromatic heterocycles. The Hall–Kier alpha value is -1.61. The Morgan fingerprint density at radius 3 is 2.75 bits per heavy atom. The van der Waals surface area contributed by atoms with E-state index in [9.17, 15) is 13.2 Å². The van der Waals surface area contributed by atoms with Crippen LogP contribution in [0.1, 0.15) is 12.5 Å². The first kappa shape index (κ1) is 12.5. The molecule has 0 fully saturated rings. The predicted molar refractivity (Wildman–Crippen MR) is 59.7 cm³/mol. The van der Waals surface area contributed by atoms with E-state index in [-0.39, 0.29) is 23.6 Å². The minimum absolute atomic E-state index is 0.0244. The van der Waals surface area contributed by atoms with Crippen molar-refractivity contribution in [1.29, 1.82) is 5.26 Å². The first-order valence-electron chi connectivity index (χ1n) is 4.80. The van der Waals surface area contributed by atoms with Crippen LogP contribution in [0.5, 0.6) is 0 Å². The number of hydrogen-bond donors (Lipinski definition) is 0. The third kappa shape index (κ3) is 2.94. The van der Waals surface area contributed by atoms with Gasteiger partial charge in [0, 0.05) is 18.5 Å². The van der Waals surface area contributed by atoms with Crippen molar-refractivity contribution < 1.29 is 8.42 Å². The van der Waals surface area contributed by atoms with Crippen LogP contribution in [-0.4, -0.2) is 24.5 Å². The number of nitriles is 1. The van der Waals surface area contributed by atoms with Crippen LogP contribution in [-0.2, 0) is 16.4 Å². The monoisotopic (exact) mass is 240 g/mol. The van der Waals surface area contributed by atoms with Gasteiger partial charge in [-0.15, -0.1) is 0 Å². The van der Waals surface area contributed by atoms with E-state index in [1.165, 1.54) is 16.8 Å². The molecular formula is C10H12N2O3S. The molecule has 0 atom stereocenters. The van der Waals surface area contributed by atoms with Crippen molar-refractivity contribution in [2.24, 2.45) is 0 Å². The summed E-state index contributed by atoms with van der Waals surface area (Å²) < 4.78 is 23.8. The summed E-state index contributed by atoms with van der Waals surface area (Å²) in [4.78, 5) is 11.6. The molecule has 0 amide bonds. The predicted octanol–water partition coefficient (Wildman–Crippen LogP) is 0.155. The van der Waals surface area contributed by atoms with E-state index < -0.39 is 15.4 Å². The summed E-state index contributed by atoms with van der Waals surface area (Å²) in [6.45, 7) is 1.65. The minimum Gasteiger partial charge on any atom is -0.313 e. The van der Waals surface area contributed by atoms with Crippen LogP contribution in [0.2, 0.25) is 0 Å². The highest BCUT2D eigenvalue weighted by Gasteiger charge is 2.09. The third-order valence-corrected chi connectivity index (χ3v) is 3.91. The van der Waals surface area contributed by atoms with Gasteiger partial charge in [0.15, 0.2) is 9.84 Å². The van der Waals surface area contributed by atoms with Crippen molar-refractivity contribution in [2.75, 3.05) is 11.5 Å². The largest absolute Gasteiger partial charge is 0.313 e. The van der Waals surface area contributed by atoms with E-state index in [2.05, 4.69) is 0 Å². The Bertz CT molecular complexity index is 566. The molecule has 0 radical (unpaired) electrons. The van der Waals surface area contributed by atoms with Crippen LogP contribution in [0.15, 0.2) is 23.1 Å². The molecule has 1 aromatic rings. The second-order valence-corrected chi connectivity index (χ2v) is 5.74. The number of aromatic nitrogens is 1. The minimum atomic E-state index is -3.10. The van der Waals surface area contributed by atoms with Gasteiger partial charge < -0.3 is 4.57 Å². The van der Waals surface area contributed by atoms with E-state index in [4.69, 9.17) is 5.26 Å². The second kappa shape index (κ2) is 4.94. The lowest BCUT2D eigenvalue weighted by Gasteiger charge is -2.05. The zero-order valence-corrected chi connectivity index (χ0v) is 9.70. The van der Waals surface area contributed by atoms with Gasteiger partial charge in [-0.1, -0.05) is 6.92 Å². The highest BCUT2D eigenvalue weighted by molar-refractivity contribution is 7.91. The van der Waals surface area contributed by atoms with Gasteiger partial charge in [0.2, 0.25) is 0 Å². The molecule has 0 saturated carbocycles. The Morgan fingerprint density at radius 2 is 2.19 bits per heavy atom. The molecule has 0 aliphatic rings. The lowest BCUT2D eigenvalue weighted by atomic mass is 10.3. The number of nitrogens with zero attached hydrogens (tertiary/aromatic N) is 2. The summed E-state index contributed by atoms with van der Waals surface area (Å²) >= 11 is 0. The van der Waals surface area contributed by atoms with Crippen molar-refractivity contribution in [2.45, 2.75) is 13.5 Å². The Morgan fingerprint density at radius 1 is 1.50 bits per heavy atom. The molecule has 0 aliphatic heterocycles. The number of aryl methyl sites for hydroxylation is 1. The molecular weight excluding hydrogens is 228 g/mol. The Kier molecular flexibility index (Phi) is 3.85. The molecule has 0 unspecified atom stereocenters. The lowest BCUT2D eigenvalue weighted by Crippen LogP contribution is -2.25. The van der Waals surface area contributed by atoms with Crippen molar-refractivity contribution in [3.05, 3.63) is 34.2 Å². The van der Waals surface area contributed by atoms with E-state index in [0.29, 0.717) is 0 Å². The topological polar surface area (TPSA) is 79.9 Å². The molecule has 0 aliphatic carbocycles. The number of pyridine rings is 1. The molecule has 0 spiro atoms. The summed E-state index contributed by atoms with van der Waals surface area (Å²) in [5.41, 5.74) is -0.423. The maximum atomic E-state index is 11.6. The average molecular weight is 240 g/mol. The van der Waals surface area contributed by atoms with Gasteiger partial charge in [0.25, 0.3) is 5.56 Å². The molecule has 0 N–H and O–H groups in total. The van der Waals surface area contributed by atoms with Crippen LogP contribution < -0.4 is 5.56 Å². The standard InChI is InChI=1S/C10H12N2O3S/c1-2-16(14,15)7-6-12-5-3-4-9(8-11)10(12)13/h3-5H,2,6-7H2,1H3. The third-order valence-electron chi connectivity index (χ3n) is 2.22. The maximum Gasteiger partial charge on any atom is 0.268 e. The number of hydrogen-bond acceptors (Lipinski definition) is 4. The fourth-order valence-corrected chi connectivity index (χ4v) is 1.94. The van der Waals surface area contributed by atoms with Gasteiger partial charge >= 0.3 is 0 Å². The number of sulfone groups is 1. The molecule has 0 saturated heterocycles. The van der Waals surface area contributed by atoms with E-state index in [1.807, 2.05) is 0 Å². The zero-order valence-electron chi connectivity index (χ0n) is 8.88. The van der Waals surface area contributed by atoms with Gasteiger partial charge in [-0.05, 0) is 12.1 Å². The van der Waals surface area contributed by atoms with Gasteiger partial charge in [0.05, 0.1) is 5.75 Å². The number of rotatable bonds is 4. The van der Waals surface area contributed by atoms with Gasteiger partial charge in [-0.3, -0.25) is 4.79 Å². The van der Waals surface area contributed by atoms with Crippen LogP contribution >= 0.6 is 0 Å². The first-order chi connectivity index (χ1) is 7.50. The molecule has 1 rings (SSSR count). The molecule has 0 aromatic carbocycles. The fourth-order valence-electron chi connectivity index (χ4n) is 1.18. The van der Waals surface area contributed by atoms with E-state index in [1.54, 1.807) is 19.1 Å². The van der Waals surface area contributed by atoms with E-state index >= 15 is 0 Å². The average Bonchev–Trinajstić information content (AvgIpc) is 2.28. The highest BCUT2D eigenvalue weighted by Crippen LogP contribution is 1.94. The van der Waals surface area contributed by atoms with Crippen LogP contribution in [0.25, 0.3) is 0 Å². The lowest BCUT2D eigenvalue weighted by molar-refractivity contribution is 0.588. The van der Waals surface area contributed by atoms with Crippen molar-refractivity contribution in [1.82, 2.24) is 4.57 Å². The van der Waals surface area contributed by atoms with Gasteiger partial charge in [-0.25, -0.2) is 8.42 Å². The summed E-state index contributed by atoms with van der Waals surface area (Å²) in [5.74, 6) is -0.0298. The summed E-state index contributed by atoms with van der Waals surface area (Å²) in [7, 11) is -3.10. The maximum absolute atomic E-state index is 11.6. The van der Waals surface area contributed by atoms with Crippen LogP contribution in [0, 0.1) is 11.3 Å². The zero-order chi connectivity index (χ0) is 12.2. The molecule has 86 valence electrons. The van der Waals surface area contributed by atoms with Gasteiger partial charge in [-0.2, -0.15) is 5.26 Å². The Balaban J connectivity index is 2.93. The van der Waals surface area contributed by atoms with Gasteiger partial charge in [0.1, 0.15) is 11.6 Å². The normalized spacial score (nSPS) is 11.0. The summed E-state index contributed by atoms with van der Waals surface area (Å²) in [6.07, 6.45) is 1.48. The molecule has 16 heavy (non-hydrogen) atoms. The highest BCUT2D eigenvalue weighted by atomic mass is 32.2. The SMILES string of the molecule is CCS(=O)(=O)CCn1cccc(C#N)c1=O. The Labute approximate surface area is 93.9 Å². The fraction of sp³-hybridized carbons (Fsp3) is 0.400. The second-order valence-electron chi connectivity index (χ2n) is 3.27. The molecule has 5 nitrogen and oxygen atoms in total. The van der Waals surface area contributed by atoms with Crippen molar-refractivity contribution in [3.8, 4) is 6.07 Å². The van der Waals surface area contributed by atoms with Crippen molar-refractivity contribution in [3.63, 3.8) is 0 Å². The van der Waals surface area contributed by atoms with E-state index in [0.717, 1.165) is 0 Å². The summed E-state index contributed by atoms with van der Waals surface area (Å²) in [6, 6.07) is 4.73. The van der Waals surface area contributed by atoms with Crippen molar-refractivity contribution >= 4 is 9.84 Å². The molecule has 1 heterocycles. The smallest absolute Gasteiger partial charge is 0.268 e. The molecule has 0 bridgehead atoms. The summed E-state index contributed by atoms with van der Waals surface area (Å²) in [5, 5.41) is 8.64. The quantitative estimate of drug-likeness (QED) is 0.750. The van der Waals surface area contributed by atoms with Crippen LogP contribution in [0.3, 0.4) is 0 Å². The first-order valence-corrected chi connectivity index (χ1v) is 6.62. The van der Waals surface area contributed by atoms with Crippen LogP contribution in [0.4, 0.5) is 0 Å². The molecule has 6 heteroatoms.